The van der Waals surface area contributed by atoms with Crippen LogP contribution < -0.4 is 5.73 Å². The fourth-order valence-corrected chi connectivity index (χ4v) is 1.94. The highest BCUT2D eigenvalue weighted by atomic mass is 35.5. The SMILES string of the molecule is CCOC(=O)C(N)=C(C/C=N/O)C(Cl)=NCc1c(F)cccc1F. The van der Waals surface area contributed by atoms with Gasteiger partial charge < -0.3 is 15.7 Å². The van der Waals surface area contributed by atoms with Crippen LogP contribution in [0.4, 0.5) is 8.78 Å². The predicted molar refractivity (Wildman–Crippen MR) is 86.1 cm³/mol. The number of oxime groups is 1. The average Bonchev–Trinajstić information content (AvgIpc) is 2.54. The second-order valence-electron chi connectivity index (χ2n) is 4.42. The summed E-state index contributed by atoms with van der Waals surface area (Å²) in [5, 5.41) is 11.1. The van der Waals surface area contributed by atoms with Crippen LogP contribution in [-0.4, -0.2) is 29.2 Å². The summed E-state index contributed by atoms with van der Waals surface area (Å²) >= 11 is 5.99. The van der Waals surface area contributed by atoms with Gasteiger partial charge in [0.15, 0.2) is 0 Å². The van der Waals surface area contributed by atoms with Crippen molar-refractivity contribution in [2.24, 2.45) is 15.9 Å². The molecule has 0 aromatic heterocycles. The maximum atomic E-state index is 13.6. The average molecular weight is 360 g/mol. The zero-order valence-electron chi connectivity index (χ0n) is 12.8. The van der Waals surface area contributed by atoms with E-state index < -0.39 is 24.1 Å². The molecule has 0 saturated carbocycles. The van der Waals surface area contributed by atoms with Gasteiger partial charge in [-0.3, -0.25) is 4.99 Å². The summed E-state index contributed by atoms with van der Waals surface area (Å²) in [5.41, 5.74) is 5.07. The second-order valence-corrected chi connectivity index (χ2v) is 4.78. The van der Waals surface area contributed by atoms with Gasteiger partial charge in [0.05, 0.1) is 13.2 Å². The Bertz CT molecular complexity index is 670. The molecule has 1 rings (SSSR count). The monoisotopic (exact) mass is 359 g/mol. The normalized spacial score (nSPS) is 13.1. The lowest BCUT2D eigenvalue weighted by atomic mass is 10.1. The Morgan fingerprint density at radius 2 is 2.04 bits per heavy atom. The van der Waals surface area contributed by atoms with E-state index in [1.165, 1.54) is 6.07 Å². The Kier molecular flexibility index (Phi) is 7.84. The minimum absolute atomic E-state index is 0.0182. The topological polar surface area (TPSA) is 97.3 Å². The molecule has 0 aliphatic rings. The molecule has 1 aromatic rings. The number of ether oxygens (including phenoxy) is 1. The van der Waals surface area contributed by atoms with Gasteiger partial charge in [-0.1, -0.05) is 17.7 Å². The van der Waals surface area contributed by atoms with Crippen LogP contribution in [0, 0.1) is 11.6 Å². The number of carbonyl (C=O) groups excluding carboxylic acids is 1. The fraction of sp³-hybridized carbons (Fsp3) is 0.267. The van der Waals surface area contributed by atoms with Gasteiger partial charge in [0, 0.05) is 23.8 Å². The van der Waals surface area contributed by atoms with Gasteiger partial charge >= 0.3 is 5.97 Å². The number of esters is 1. The molecule has 9 heteroatoms. The highest BCUT2D eigenvalue weighted by Crippen LogP contribution is 2.16. The Balaban J connectivity index is 3.13. The zero-order valence-corrected chi connectivity index (χ0v) is 13.6. The lowest BCUT2D eigenvalue weighted by Crippen LogP contribution is -2.20. The van der Waals surface area contributed by atoms with Gasteiger partial charge in [0.1, 0.15) is 22.5 Å². The smallest absolute Gasteiger partial charge is 0.354 e. The van der Waals surface area contributed by atoms with Crippen molar-refractivity contribution >= 4 is 29.0 Å². The second kappa shape index (κ2) is 9.61. The van der Waals surface area contributed by atoms with Crippen LogP contribution in [0.1, 0.15) is 18.9 Å². The van der Waals surface area contributed by atoms with Gasteiger partial charge in [0.25, 0.3) is 0 Å². The van der Waals surface area contributed by atoms with E-state index in [4.69, 9.17) is 27.3 Å². The largest absolute Gasteiger partial charge is 0.461 e. The number of halogens is 3. The molecule has 130 valence electrons. The first kappa shape index (κ1) is 19.6. The lowest BCUT2D eigenvalue weighted by molar-refractivity contribution is -0.138. The first-order valence-electron chi connectivity index (χ1n) is 6.87. The molecule has 1 aromatic carbocycles. The third-order valence-electron chi connectivity index (χ3n) is 2.88. The van der Waals surface area contributed by atoms with Gasteiger partial charge in [-0.25, -0.2) is 13.6 Å². The molecule has 3 N–H and O–H groups in total. The summed E-state index contributed by atoms with van der Waals surface area (Å²) in [6, 6.07) is 3.40. The zero-order chi connectivity index (χ0) is 18.1. The fourth-order valence-electron chi connectivity index (χ4n) is 1.70. The Labute approximate surface area is 142 Å². The van der Waals surface area contributed by atoms with Gasteiger partial charge in [-0.15, -0.1) is 5.16 Å². The quantitative estimate of drug-likeness (QED) is 0.257. The molecule has 0 unspecified atom stereocenters. The number of allylic oxidation sites excluding steroid dienone is 1. The van der Waals surface area contributed by atoms with Crippen molar-refractivity contribution in [2.45, 2.75) is 19.9 Å². The highest BCUT2D eigenvalue weighted by molar-refractivity contribution is 6.70. The summed E-state index contributed by atoms with van der Waals surface area (Å²) in [6.45, 7) is 1.29. The Hall–Kier alpha value is -2.48. The van der Waals surface area contributed by atoms with Crippen molar-refractivity contribution in [3.63, 3.8) is 0 Å². The highest BCUT2D eigenvalue weighted by Gasteiger charge is 2.17. The molecule has 0 aliphatic heterocycles. The molecule has 0 spiro atoms. The number of nitrogens with two attached hydrogens (primary N) is 1. The molecular formula is C15H16ClF2N3O3. The molecule has 0 heterocycles. The van der Waals surface area contributed by atoms with Gasteiger partial charge in [-0.2, -0.15) is 0 Å². The summed E-state index contributed by atoms with van der Waals surface area (Å²) in [7, 11) is 0. The summed E-state index contributed by atoms with van der Waals surface area (Å²) in [6.07, 6.45) is 0.909. The summed E-state index contributed by atoms with van der Waals surface area (Å²) in [4.78, 5) is 15.5. The maximum Gasteiger partial charge on any atom is 0.354 e. The van der Waals surface area contributed by atoms with Crippen LogP contribution in [0.5, 0.6) is 0 Å². The van der Waals surface area contributed by atoms with Crippen molar-refractivity contribution in [1.29, 1.82) is 0 Å². The minimum atomic E-state index is -0.829. The molecule has 0 bridgehead atoms. The summed E-state index contributed by atoms with van der Waals surface area (Å²) < 4.78 is 31.9. The first-order valence-corrected chi connectivity index (χ1v) is 7.25. The van der Waals surface area contributed by atoms with Crippen molar-refractivity contribution < 1.29 is 23.5 Å². The van der Waals surface area contributed by atoms with Crippen molar-refractivity contribution in [3.8, 4) is 0 Å². The molecule has 24 heavy (non-hydrogen) atoms. The third kappa shape index (κ3) is 5.31. The molecule has 6 nitrogen and oxygen atoms in total. The molecule has 0 aliphatic carbocycles. The number of hydrogen-bond acceptors (Lipinski definition) is 6. The minimum Gasteiger partial charge on any atom is -0.461 e. The van der Waals surface area contributed by atoms with E-state index in [0.29, 0.717) is 0 Å². The van der Waals surface area contributed by atoms with Gasteiger partial charge in [-0.05, 0) is 19.1 Å². The molecule has 0 radical (unpaired) electrons. The van der Waals surface area contributed by atoms with Crippen LogP contribution in [0.15, 0.2) is 39.6 Å². The molecule has 0 atom stereocenters. The number of carbonyl (C=O) groups is 1. The van der Waals surface area contributed by atoms with Crippen LogP contribution in [0.2, 0.25) is 0 Å². The number of aliphatic imine (C=N–C) groups is 1. The number of nitrogens with zero attached hydrogens (tertiary/aromatic N) is 2. The van der Waals surface area contributed by atoms with E-state index >= 15 is 0 Å². The van der Waals surface area contributed by atoms with E-state index in [1.807, 2.05) is 0 Å². The van der Waals surface area contributed by atoms with Crippen LogP contribution in [0.3, 0.4) is 0 Å². The van der Waals surface area contributed by atoms with Crippen LogP contribution in [0.25, 0.3) is 0 Å². The molecule has 0 saturated heterocycles. The van der Waals surface area contributed by atoms with E-state index in [2.05, 4.69) is 10.1 Å². The molecular weight excluding hydrogens is 344 g/mol. The van der Waals surface area contributed by atoms with E-state index in [-0.39, 0.29) is 35.0 Å². The van der Waals surface area contributed by atoms with E-state index in [9.17, 15) is 13.6 Å². The number of rotatable bonds is 7. The first-order chi connectivity index (χ1) is 11.4. The van der Waals surface area contributed by atoms with Crippen LogP contribution in [-0.2, 0) is 16.1 Å². The van der Waals surface area contributed by atoms with Crippen LogP contribution >= 0.6 is 11.6 Å². The summed E-state index contributed by atoms with van der Waals surface area (Å²) in [5.74, 6) is -2.38. The molecule has 0 fully saturated rings. The Morgan fingerprint density at radius 3 is 2.58 bits per heavy atom. The number of benzene rings is 1. The predicted octanol–water partition coefficient (Wildman–Crippen LogP) is 2.73. The maximum absolute atomic E-state index is 13.6. The van der Waals surface area contributed by atoms with E-state index in [1.54, 1.807) is 6.92 Å². The van der Waals surface area contributed by atoms with Crippen molar-refractivity contribution in [3.05, 3.63) is 46.7 Å². The third-order valence-corrected chi connectivity index (χ3v) is 3.23. The van der Waals surface area contributed by atoms with Crippen molar-refractivity contribution in [2.75, 3.05) is 6.61 Å². The lowest BCUT2D eigenvalue weighted by Gasteiger charge is -2.09. The number of hydrogen-bond donors (Lipinski definition) is 2. The van der Waals surface area contributed by atoms with Gasteiger partial charge in [0.2, 0.25) is 0 Å². The Morgan fingerprint density at radius 1 is 1.42 bits per heavy atom. The van der Waals surface area contributed by atoms with Crippen molar-refractivity contribution in [1.82, 2.24) is 0 Å². The molecule has 0 amide bonds. The van der Waals surface area contributed by atoms with E-state index in [0.717, 1.165) is 18.3 Å². The standard InChI is InChI=1S/C15H16ClF2N3O3/c1-2-24-15(22)13(19)9(6-7-21-23)14(16)20-8-10-11(17)4-3-5-12(10)18/h3-5,7,23H,2,6,8,19H2,1H3/b13-9?,20-14?,21-7+.